The van der Waals surface area contributed by atoms with Gasteiger partial charge >= 0.3 is 0 Å². The molecule has 5 nitrogen and oxygen atoms in total. The molecule has 0 unspecified atom stereocenters. The first-order valence-corrected chi connectivity index (χ1v) is 8.35. The lowest BCUT2D eigenvalue weighted by Crippen LogP contribution is -2.36. The Labute approximate surface area is 151 Å². The molecular formula is C19H19ClN2O3. The van der Waals surface area contributed by atoms with Crippen LogP contribution in [0.1, 0.15) is 26.3 Å². The second kappa shape index (κ2) is 7.25. The van der Waals surface area contributed by atoms with E-state index in [2.05, 4.69) is 0 Å². The maximum Gasteiger partial charge on any atom is 0.261 e. The van der Waals surface area contributed by atoms with Crippen molar-refractivity contribution in [2.24, 2.45) is 0 Å². The third-order valence-electron chi connectivity index (χ3n) is 4.27. The summed E-state index contributed by atoms with van der Waals surface area (Å²) >= 11 is 6.06. The van der Waals surface area contributed by atoms with Gasteiger partial charge in [-0.05, 0) is 37.4 Å². The summed E-state index contributed by atoms with van der Waals surface area (Å²) in [5, 5.41) is 0.643. The molecule has 6 heteroatoms. The number of amides is 2. The highest BCUT2D eigenvalue weighted by atomic mass is 35.5. The first kappa shape index (κ1) is 17.5. The third kappa shape index (κ3) is 3.52. The molecule has 130 valence electrons. The molecule has 3 rings (SSSR count). The van der Waals surface area contributed by atoms with Gasteiger partial charge < -0.3 is 9.64 Å². The topological polar surface area (TPSA) is 49.9 Å². The van der Waals surface area contributed by atoms with Gasteiger partial charge in [-0.1, -0.05) is 23.7 Å². The summed E-state index contributed by atoms with van der Waals surface area (Å²) in [6.45, 7) is 1.50. The van der Waals surface area contributed by atoms with Gasteiger partial charge in [-0.15, -0.1) is 0 Å². The molecule has 1 aliphatic rings. The number of halogens is 1. The van der Waals surface area contributed by atoms with Crippen molar-refractivity contribution in [3.8, 4) is 5.75 Å². The summed E-state index contributed by atoms with van der Waals surface area (Å²) in [5.74, 6) is 0.306. The minimum atomic E-state index is -0.227. The van der Waals surface area contributed by atoms with E-state index in [1.165, 1.54) is 4.90 Å². The van der Waals surface area contributed by atoms with Crippen LogP contribution in [-0.4, -0.2) is 48.9 Å². The number of hydrogen-bond donors (Lipinski definition) is 0. The molecule has 2 amide bonds. The zero-order valence-electron chi connectivity index (χ0n) is 14.2. The van der Waals surface area contributed by atoms with Gasteiger partial charge in [0.25, 0.3) is 11.8 Å². The zero-order chi connectivity index (χ0) is 18.0. The molecule has 0 saturated carbocycles. The number of benzene rings is 2. The molecule has 1 aliphatic heterocycles. The average molecular weight is 359 g/mol. The molecule has 0 atom stereocenters. The molecule has 25 heavy (non-hydrogen) atoms. The summed E-state index contributed by atoms with van der Waals surface area (Å²) in [4.78, 5) is 28.1. The van der Waals surface area contributed by atoms with E-state index >= 15 is 0 Å². The minimum Gasteiger partial charge on any atom is -0.496 e. The quantitative estimate of drug-likeness (QED) is 0.745. The van der Waals surface area contributed by atoms with Gasteiger partial charge in [-0.25, -0.2) is 0 Å². The summed E-state index contributed by atoms with van der Waals surface area (Å²) in [6.07, 6.45) is 0. The van der Waals surface area contributed by atoms with E-state index in [1.54, 1.807) is 37.4 Å². The number of likely N-dealkylation sites (N-methyl/N-ethyl adjacent to an activating group) is 1. The van der Waals surface area contributed by atoms with Crippen molar-refractivity contribution in [3.05, 3.63) is 64.2 Å². The highest BCUT2D eigenvalue weighted by Crippen LogP contribution is 2.24. The molecule has 0 fully saturated rings. The van der Waals surface area contributed by atoms with E-state index in [9.17, 15) is 9.59 Å². The van der Waals surface area contributed by atoms with Crippen molar-refractivity contribution >= 4 is 23.4 Å². The van der Waals surface area contributed by atoms with E-state index in [-0.39, 0.29) is 11.8 Å². The zero-order valence-corrected chi connectivity index (χ0v) is 14.9. The van der Waals surface area contributed by atoms with Crippen molar-refractivity contribution in [1.29, 1.82) is 0 Å². The number of rotatable bonds is 6. The van der Waals surface area contributed by atoms with Crippen LogP contribution >= 0.6 is 11.6 Å². The van der Waals surface area contributed by atoms with E-state index in [0.717, 1.165) is 11.3 Å². The van der Waals surface area contributed by atoms with E-state index in [4.69, 9.17) is 16.3 Å². The fourth-order valence-electron chi connectivity index (χ4n) is 2.95. The van der Waals surface area contributed by atoms with E-state index < -0.39 is 0 Å². The van der Waals surface area contributed by atoms with E-state index in [1.807, 2.05) is 24.1 Å². The van der Waals surface area contributed by atoms with Crippen LogP contribution in [0.5, 0.6) is 5.75 Å². The van der Waals surface area contributed by atoms with Gasteiger partial charge in [-0.3, -0.25) is 14.5 Å². The molecule has 0 bridgehead atoms. The standard InChI is InChI=1S/C19H19ClN2O3/c1-21(12-13-11-14(20)7-8-17(13)25-2)9-10-22-18(23)15-5-3-4-6-16(15)19(22)24/h3-8,11H,9-10,12H2,1-2H3. The lowest BCUT2D eigenvalue weighted by molar-refractivity contribution is 0.0640. The van der Waals surface area contributed by atoms with Gasteiger partial charge in [0, 0.05) is 30.2 Å². The van der Waals surface area contributed by atoms with Gasteiger partial charge in [0.15, 0.2) is 0 Å². The SMILES string of the molecule is COc1ccc(Cl)cc1CN(C)CCN1C(=O)c2ccccc2C1=O. The predicted molar refractivity (Wildman–Crippen MR) is 96.1 cm³/mol. The maximum absolute atomic E-state index is 12.4. The minimum absolute atomic E-state index is 0.227. The molecule has 0 spiro atoms. The predicted octanol–water partition coefficient (Wildman–Crippen LogP) is 3.08. The van der Waals surface area contributed by atoms with Gasteiger partial charge in [0.2, 0.25) is 0 Å². The van der Waals surface area contributed by atoms with Crippen molar-refractivity contribution in [2.45, 2.75) is 6.54 Å². The Morgan fingerprint density at radius 1 is 1.08 bits per heavy atom. The molecule has 0 aromatic heterocycles. The molecular weight excluding hydrogens is 340 g/mol. The fourth-order valence-corrected chi connectivity index (χ4v) is 3.15. The second-order valence-electron chi connectivity index (χ2n) is 6.00. The first-order valence-electron chi connectivity index (χ1n) is 7.97. The molecule has 0 aliphatic carbocycles. The van der Waals surface area contributed by atoms with Gasteiger partial charge in [-0.2, -0.15) is 0 Å². The Bertz CT molecular complexity index is 787. The average Bonchev–Trinajstić information content (AvgIpc) is 2.85. The van der Waals surface area contributed by atoms with Gasteiger partial charge in [0.05, 0.1) is 18.2 Å². The monoisotopic (exact) mass is 358 g/mol. The third-order valence-corrected chi connectivity index (χ3v) is 4.50. The molecule has 2 aromatic carbocycles. The Morgan fingerprint density at radius 2 is 1.72 bits per heavy atom. The number of hydrogen-bond acceptors (Lipinski definition) is 4. The summed E-state index contributed by atoms with van der Waals surface area (Å²) in [5.41, 5.74) is 1.91. The Balaban J connectivity index is 1.64. The van der Waals surface area contributed by atoms with Crippen LogP contribution in [0.15, 0.2) is 42.5 Å². The molecule has 1 heterocycles. The summed E-state index contributed by atoms with van der Waals surface area (Å²) in [7, 11) is 3.55. The lowest BCUT2D eigenvalue weighted by atomic mass is 10.1. The number of methoxy groups -OCH3 is 1. The number of ether oxygens (including phenoxy) is 1. The van der Waals surface area contributed by atoms with Crippen LogP contribution in [0.2, 0.25) is 5.02 Å². The van der Waals surface area contributed by atoms with E-state index in [0.29, 0.717) is 35.8 Å². The smallest absolute Gasteiger partial charge is 0.261 e. The van der Waals surface area contributed by atoms with Crippen LogP contribution in [0, 0.1) is 0 Å². The number of carbonyl (C=O) groups excluding carboxylic acids is 2. The largest absolute Gasteiger partial charge is 0.496 e. The van der Waals surface area contributed by atoms with Gasteiger partial charge in [0.1, 0.15) is 5.75 Å². The van der Waals surface area contributed by atoms with Crippen molar-refractivity contribution < 1.29 is 14.3 Å². The maximum atomic E-state index is 12.4. The van der Waals surface area contributed by atoms with Crippen LogP contribution in [-0.2, 0) is 6.54 Å². The highest BCUT2D eigenvalue weighted by Gasteiger charge is 2.34. The number of imide groups is 1. The summed E-state index contributed by atoms with van der Waals surface area (Å²) in [6, 6.07) is 12.4. The lowest BCUT2D eigenvalue weighted by Gasteiger charge is -2.21. The van der Waals surface area contributed by atoms with Crippen molar-refractivity contribution in [3.63, 3.8) is 0 Å². The van der Waals surface area contributed by atoms with Crippen molar-refractivity contribution in [1.82, 2.24) is 9.80 Å². The molecule has 0 radical (unpaired) electrons. The molecule has 0 saturated heterocycles. The Hall–Kier alpha value is -2.37. The fraction of sp³-hybridized carbons (Fsp3) is 0.263. The number of nitrogens with zero attached hydrogens (tertiary/aromatic N) is 2. The summed E-state index contributed by atoms with van der Waals surface area (Å²) < 4.78 is 5.35. The van der Waals surface area contributed by atoms with Crippen LogP contribution in [0.3, 0.4) is 0 Å². The first-order chi connectivity index (χ1) is 12.0. The normalized spacial score (nSPS) is 13.5. The Morgan fingerprint density at radius 3 is 2.32 bits per heavy atom. The number of carbonyl (C=O) groups is 2. The van der Waals surface area contributed by atoms with Crippen molar-refractivity contribution in [2.75, 3.05) is 27.2 Å². The molecule has 2 aromatic rings. The second-order valence-corrected chi connectivity index (χ2v) is 6.44. The molecule has 0 N–H and O–H groups in total. The Kier molecular flexibility index (Phi) is 5.06. The van der Waals surface area contributed by atoms with Crippen LogP contribution in [0.25, 0.3) is 0 Å². The highest BCUT2D eigenvalue weighted by molar-refractivity contribution is 6.30. The van der Waals surface area contributed by atoms with Crippen LogP contribution in [0.4, 0.5) is 0 Å². The number of fused-ring (bicyclic) bond motifs is 1. The van der Waals surface area contributed by atoms with Crippen LogP contribution < -0.4 is 4.74 Å².